The Kier molecular flexibility index (Phi) is 4.23. The third kappa shape index (κ3) is 3.31. The van der Waals surface area contributed by atoms with Crippen LogP contribution in [0.2, 0.25) is 0 Å². The van der Waals surface area contributed by atoms with Gasteiger partial charge in [0.2, 0.25) is 5.88 Å². The predicted octanol–water partition coefficient (Wildman–Crippen LogP) is 1.30. The summed E-state index contributed by atoms with van der Waals surface area (Å²) in [4.78, 5) is 16.7. The number of tetrazole rings is 1. The summed E-state index contributed by atoms with van der Waals surface area (Å²) in [5.41, 5.74) is 1.34. The van der Waals surface area contributed by atoms with Crippen molar-refractivity contribution in [1.29, 1.82) is 0 Å². The number of hydrogen-bond acceptors (Lipinski definition) is 6. The molecule has 3 aromatic rings. The summed E-state index contributed by atoms with van der Waals surface area (Å²) in [6.45, 7) is 0. The van der Waals surface area contributed by atoms with Crippen LogP contribution >= 0.6 is 0 Å². The van der Waals surface area contributed by atoms with Crippen molar-refractivity contribution >= 4 is 11.6 Å². The van der Waals surface area contributed by atoms with Gasteiger partial charge in [-0.2, -0.15) is 0 Å². The molecule has 0 radical (unpaired) electrons. The van der Waals surface area contributed by atoms with Crippen molar-refractivity contribution < 1.29 is 9.53 Å². The average molecular weight is 310 g/mol. The van der Waals surface area contributed by atoms with Crippen LogP contribution in [0.4, 0.5) is 5.69 Å². The van der Waals surface area contributed by atoms with E-state index in [1.165, 1.54) is 24.3 Å². The Morgan fingerprint density at radius 1 is 1.22 bits per heavy atom. The predicted molar refractivity (Wildman–Crippen MR) is 81.8 cm³/mol. The fraction of sp³-hybridized carbons (Fsp3) is 0.133. The van der Waals surface area contributed by atoms with E-state index in [9.17, 15) is 4.79 Å². The Labute approximate surface area is 132 Å². The molecule has 3 rings (SSSR count). The molecule has 0 aliphatic carbocycles. The highest BCUT2D eigenvalue weighted by Gasteiger charge is 2.23. The molecule has 1 amide bonds. The Balaban J connectivity index is 1.86. The molecule has 0 aliphatic rings. The molecule has 0 aliphatic heterocycles. The maximum absolute atomic E-state index is 12.7. The Hall–Kier alpha value is -3.29. The number of methoxy groups -OCH3 is 1. The second-order valence-corrected chi connectivity index (χ2v) is 4.68. The monoisotopic (exact) mass is 310 g/mol. The van der Waals surface area contributed by atoms with Gasteiger partial charge in [-0.1, -0.05) is 30.3 Å². The van der Waals surface area contributed by atoms with Crippen LogP contribution in [0, 0.1) is 0 Å². The van der Waals surface area contributed by atoms with Gasteiger partial charge in [0.15, 0.2) is 6.04 Å². The van der Waals surface area contributed by atoms with Crippen molar-refractivity contribution in [3.8, 4) is 5.88 Å². The van der Waals surface area contributed by atoms with Crippen molar-refractivity contribution in [2.45, 2.75) is 6.04 Å². The number of carbonyl (C=O) groups is 1. The molecule has 1 aromatic carbocycles. The van der Waals surface area contributed by atoms with Crippen LogP contribution < -0.4 is 10.1 Å². The third-order valence-corrected chi connectivity index (χ3v) is 3.21. The number of benzene rings is 1. The van der Waals surface area contributed by atoms with Crippen LogP contribution in [0.15, 0.2) is 55.0 Å². The molecule has 2 aromatic heterocycles. The highest BCUT2D eigenvalue weighted by atomic mass is 16.5. The fourth-order valence-electron chi connectivity index (χ4n) is 2.13. The number of aromatic nitrogens is 5. The van der Waals surface area contributed by atoms with E-state index >= 15 is 0 Å². The van der Waals surface area contributed by atoms with Crippen LogP contribution in [0.1, 0.15) is 11.6 Å². The van der Waals surface area contributed by atoms with E-state index in [2.05, 4.69) is 25.8 Å². The van der Waals surface area contributed by atoms with Gasteiger partial charge < -0.3 is 10.1 Å². The first-order valence-electron chi connectivity index (χ1n) is 6.86. The van der Waals surface area contributed by atoms with Gasteiger partial charge >= 0.3 is 0 Å². The van der Waals surface area contributed by atoms with Gasteiger partial charge in [0.05, 0.1) is 19.0 Å². The molecule has 8 nitrogen and oxygen atoms in total. The van der Waals surface area contributed by atoms with Crippen LogP contribution in [0.5, 0.6) is 5.88 Å². The van der Waals surface area contributed by atoms with Gasteiger partial charge in [-0.25, -0.2) is 9.67 Å². The molecule has 0 spiro atoms. The molecule has 0 saturated carbocycles. The molecule has 1 N–H and O–H groups in total. The highest BCUT2D eigenvalue weighted by Crippen LogP contribution is 2.19. The first kappa shape index (κ1) is 14.6. The number of nitrogens with zero attached hydrogens (tertiary/aromatic N) is 5. The second kappa shape index (κ2) is 6.65. The number of ether oxygens (including phenoxy) is 1. The number of hydrogen-bond donors (Lipinski definition) is 1. The normalized spacial score (nSPS) is 11.7. The number of pyridine rings is 1. The van der Waals surface area contributed by atoms with Crippen molar-refractivity contribution in [3.05, 3.63) is 60.6 Å². The Morgan fingerprint density at radius 2 is 2.04 bits per heavy atom. The van der Waals surface area contributed by atoms with Gasteiger partial charge in [-0.3, -0.25) is 4.79 Å². The van der Waals surface area contributed by atoms with Crippen molar-refractivity contribution in [2.75, 3.05) is 12.4 Å². The maximum atomic E-state index is 12.7. The summed E-state index contributed by atoms with van der Waals surface area (Å²) in [5, 5.41) is 13.9. The molecule has 116 valence electrons. The average Bonchev–Trinajstić information content (AvgIpc) is 3.11. The van der Waals surface area contributed by atoms with Gasteiger partial charge in [-0.15, -0.1) is 5.10 Å². The number of amides is 1. The molecule has 0 unspecified atom stereocenters. The van der Waals surface area contributed by atoms with Crippen LogP contribution in [-0.2, 0) is 4.79 Å². The van der Waals surface area contributed by atoms with Gasteiger partial charge in [0, 0.05) is 6.07 Å². The summed E-state index contributed by atoms with van der Waals surface area (Å²) in [6.07, 6.45) is 2.93. The van der Waals surface area contributed by atoms with Crippen LogP contribution in [-0.4, -0.2) is 38.2 Å². The highest BCUT2D eigenvalue weighted by molar-refractivity contribution is 5.95. The van der Waals surface area contributed by atoms with E-state index < -0.39 is 6.04 Å². The molecule has 0 bridgehead atoms. The Morgan fingerprint density at radius 3 is 2.65 bits per heavy atom. The summed E-state index contributed by atoms with van der Waals surface area (Å²) < 4.78 is 6.40. The minimum absolute atomic E-state index is 0.268. The summed E-state index contributed by atoms with van der Waals surface area (Å²) >= 11 is 0. The number of rotatable bonds is 5. The van der Waals surface area contributed by atoms with E-state index in [1.807, 2.05) is 30.3 Å². The van der Waals surface area contributed by atoms with Gasteiger partial charge in [0.25, 0.3) is 5.91 Å². The molecule has 1 atom stereocenters. The number of carbonyl (C=O) groups excluding carboxylic acids is 1. The molecule has 23 heavy (non-hydrogen) atoms. The minimum Gasteiger partial charge on any atom is -0.481 e. The summed E-state index contributed by atoms with van der Waals surface area (Å²) in [6, 6.07) is 12.0. The first-order valence-corrected chi connectivity index (χ1v) is 6.86. The standard InChI is InChI=1S/C15H14N6O2/c1-23-13-8-7-12(9-16-13)18-15(22)14(21-10-17-19-20-21)11-5-3-2-4-6-11/h2-10,14H,1H3,(H,18,22)/t14-/m0/s1. The van der Waals surface area contributed by atoms with Gasteiger partial charge in [0.1, 0.15) is 6.33 Å². The molecular formula is C15H14N6O2. The smallest absolute Gasteiger partial charge is 0.254 e. The maximum Gasteiger partial charge on any atom is 0.254 e. The van der Waals surface area contributed by atoms with E-state index in [0.717, 1.165) is 5.56 Å². The topological polar surface area (TPSA) is 94.8 Å². The second-order valence-electron chi connectivity index (χ2n) is 4.68. The fourth-order valence-corrected chi connectivity index (χ4v) is 2.13. The zero-order valence-corrected chi connectivity index (χ0v) is 12.3. The molecule has 2 heterocycles. The van der Waals surface area contributed by atoms with Crippen LogP contribution in [0.25, 0.3) is 0 Å². The van der Waals surface area contributed by atoms with E-state index in [4.69, 9.17) is 4.74 Å². The third-order valence-electron chi connectivity index (χ3n) is 3.21. The SMILES string of the molecule is COc1ccc(NC(=O)[C@H](c2ccccc2)n2cnnn2)cn1. The van der Waals surface area contributed by atoms with E-state index in [0.29, 0.717) is 11.6 Å². The molecule has 0 saturated heterocycles. The van der Waals surface area contributed by atoms with Gasteiger partial charge in [-0.05, 0) is 22.1 Å². The number of nitrogens with one attached hydrogen (secondary N) is 1. The van der Waals surface area contributed by atoms with Crippen molar-refractivity contribution in [1.82, 2.24) is 25.2 Å². The molecule has 8 heteroatoms. The summed E-state index contributed by atoms with van der Waals surface area (Å²) in [7, 11) is 1.53. The first-order chi connectivity index (χ1) is 11.3. The van der Waals surface area contributed by atoms with E-state index in [1.54, 1.807) is 12.1 Å². The minimum atomic E-state index is -0.673. The number of anilines is 1. The molecular weight excluding hydrogens is 296 g/mol. The van der Waals surface area contributed by atoms with Crippen molar-refractivity contribution in [3.63, 3.8) is 0 Å². The van der Waals surface area contributed by atoms with Crippen LogP contribution in [0.3, 0.4) is 0 Å². The Bertz CT molecular complexity index is 758. The lowest BCUT2D eigenvalue weighted by molar-refractivity contribution is -0.118. The van der Waals surface area contributed by atoms with Crippen molar-refractivity contribution in [2.24, 2.45) is 0 Å². The lowest BCUT2D eigenvalue weighted by Crippen LogP contribution is -2.27. The zero-order chi connectivity index (χ0) is 16.1. The lowest BCUT2D eigenvalue weighted by atomic mass is 10.1. The molecule has 0 fully saturated rings. The van der Waals surface area contributed by atoms with E-state index in [-0.39, 0.29) is 5.91 Å². The quantitative estimate of drug-likeness (QED) is 0.763. The zero-order valence-electron chi connectivity index (χ0n) is 12.3. The summed E-state index contributed by atoms with van der Waals surface area (Å²) in [5.74, 6) is 0.207. The lowest BCUT2D eigenvalue weighted by Gasteiger charge is -2.16. The largest absolute Gasteiger partial charge is 0.481 e.